The molecule has 7 nitrogen and oxygen atoms in total. The van der Waals surface area contributed by atoms with E-state index in [0.717, 1.165) is 21.8 Å². The number of carbonyl (C=O) groups is 1. The lowest BCUT2D eigenvalue weighted by molar-refractivity contribution is -0.137. The second kappa shape index (κ2) is 7.57. The van der Waals surface area contributed by atoms with Gasteiger partial charge in [0.15, 0.2) is 5.13 Å². The van der Waals surface area contributed by atoms with E-state index in [0.29, 0.717) is 39.1 Å². The van der Waals surface area contributed by atoms with Crippen molar-refractivity contribution >= 4 is 42.6 Å². The maximum atomic E-state index is 13.4. The zero-order valence-corrected chi connectivity index (χ0v) is 17.3. The lowest BCUT2D eigenvalue weighted by atomic mass is 9.98. The van der Waals surface area contributed by atoms with Crippen LogP contribution in [0.2, 0.25) is 0 Å². The molecule has 152 valence electrons. The number of piperazine rings is 1. The van der Waals surface area contributed by atoms with Gasteiger partial charge < -0.3 is 9.80 Å². The number of sulfonamides is 1. The van der Waals surface area contributed by atoms with Crippen LogP contribution in [0.5, 0.6) is 0 Å². The summed E-state index contributed by atoms with van der Waals surface area (Å²) in [6, 6.07) is 4.58. The van der Waals surface area contributed by atoms with Crippen molar-refractivity contribution in [3.8, 4) is 0 Å². The minimum absolute atomic E-state index is 0.0411. The summed E-state index contributed by atoms with van der Waals surface area (Å²) in [5.74, 6) is -0.492. The quantitative estimate of drug-likeness (QED) is 0.748. The van der Waals surface area contributed by atoms with E-state index in [4.69, 9.17) is 0 Å². The van der Waals surface area contributed by atoms with Crippen LogP contribution in [0.1, 0.15) is 12.8 Å². The minimum atomic E-state index is -3.26. The molecule has 0 bridgehead atoms. The summed E-state index contributed by atoms with van der Waals surface area (Å²) >= 11 is 1.46. The van der Waals surface area contributed by atoms with Gasteiger partial charge in [0.1, 0.15) is 5.82 Å². The van der Waals surface area contributed by atoms with Gasteiger partial charge in [-0.1, -0.05) is 11.3 Å². The Morgan fingerprint density at radius 1 is 1.21 bits per heavy atom. The molecule has 10 heteroatoms. The fourth-order valence-electron chi connectivity index (χ4n) is 3.84. The molecular weight excluding hydrogens is 403 g/mol. The molecule has 0 N–H and O–H groups in total. The number of anilines is 1. The van der Waals surface area contributed by atoms with E-state index in [9.17, 15) is 17.6 Å². The second-order valence-electron chi connectivity index (χ2n) is 7.38. The first-order valence-electron chi connectivity index (χ1n) is 9.36. The van der Waals surface area contributed by atoms with E-state index < -0.39 is 10.0 Å². The van der Waals surface area contributed by atoms with Gasteiger partial charge in [0.05, 0.1) is 22.4 Å². The summed E-state index contributed by atoms with van der Waals surface area (Å²) in [5.41, 5.74) is 0.781. The molecule has 0 saturated carbocycles. The normalized spacial score (nSPS) is 22.0. The molecule has 1 atom stereocenters. The smallest absolute Gasteiger partial charge is 0.227 e. The molecule has 2 aliphatic rings. The summed E-state index contributed by atoms with van der Waals surface area (Å²) in [7, 11) is -3.26. The number of nitrogens with zero attached hydrogens (tertiary/aromatic N) is 4. The molecule has 0 spiro atoms. The van der Waals surface area contributed by atoms with Gasteiger partial charge in [-0.3, -0.25) is 4.79 Å². The number of carbonyl (C=O) groups excluding carboxylic acids is 1. The summed E-state index contributed by atoms with van der Waals surface area (Å²) in [6.45, 7) is 3.26. The largest absolute Gasteiger partial charge is 0.345 e. The monoisotopic (exact) mass is 426 g/mol. The number of amides is 1. The van der Waals surface area contributed by atoms with E-state index in [-0.39, 0.29) is 24.2 Å². The molecule has 1 amide bonds. The van der Waals surface area contributed by atoms with Crippen LogP contribution in [0.25, 0.3) is 10.2 Å². The van der Waals surface area contributed by atoms with Crippen LogP contribution >= 0.6 is 11.3 Å². The van der Waals surface area contributed by atoms with E-state index in [1.807, 2.05) is 4.90 Å². The van der Waals surface area contributed by atoms with Crippen molar-refractivity contribution < 1.29 is 17.6 Å². The molecule has 1 aromatic heterocycles. The molecule has 0 radical (unpaired) electrons. The third-order valence-electron chi connectivity index (χ3n) is 5.40. The van der Waals surface area contributed by atoms with E-state index in [2.05, 4.69) is 9.88 Å². The lowest BCUT2D eigenvalue weighted by Gasteiger charge is -2.38. The molecular formula is C18H23FN4O3S2. The number of thiazole rings is 1. The Kier molecular flexibility index (Phi) is 5.28. The number of hydrogen-bond donors (Lipinski definition) is 0. The maximum Gasteiger partial charge on any atom is 0.227 e. The van der Waals surface area contributed by atoms with Crippen LogP contribution in [0, 0.1) is 11.7 Å². The standard InChI is InChI=1S/C18H23FN4O3S2/c1-28(25,26)23-6-2-3-13(12-23)17(24)21-7-9-22(10-8-21)18-20-15-5-4-14(19)11-16(15)27-18/h4-5,11,13H,2-3,6-10,12H2,1H3. The lowest BCUT2D eigenvalue weighted by Crippen LogP contribution is -2.53. The molecule has 0 aliphatic carbocycles. The van der Waals surface area contributed by atoms with Crippen molar-refractivity contribution in [2.24, 2.45) is 5.92 Å². The number of rotatable bonds is 3. The highest BCUT2D eigenvalue weighted by Crippen LogP contribution is 2.30. The fraction of sp³-hybridized carbons (Fsp3) is 0.556. The molecule has 2 aliphatic heterocycles. The van der Waals surface area contributed by atoms with Crippen molar-refractivity contribution in [1.29, 1.82) is 0 Å². The van der Waals surface area contributed by atoms with E-state index >= 15 is 0 Å². The Morgan fingerprint density at radius 2 is 1.96 bits per heavy atom. The predicted octanol–water partition coefficient (Wildman–Crippen LogP) is 1.76. The minimum Gasteiger partial charge on any atom is -0.345 e. The Labute approximate surface area is 167 Å². The van der Waals surface area contributed by atoms with Gasteiger partial charge in [-0.05, 0) is 31.0 Å². The van der Waals surface area contributed by atoms with Gasteiger partial charge in [0.25, 0.3) is 0 Å². The molecule has 28 heavy (non-hydrogen) atoms. The SMILES string of the molecule is CS(=O)(=O)N1CCCC(C(=O)N2CCN(c3nc4ccc(F)cc4s3)CC2)C1. The third kappa shape index (κ3) is 3.99. The Balaban J connectivity index is 1.38. The van der Waals surface area contributed by atoms with E-state index in [1.54, 1.807) is 6.07 Å². The summed E-state index contributed by atoms with van der Waals surface area (Å²) in [6.07, 6.45) is 2.64. The van der Waals surface area contributed by atoms with Crippen LogP contribution in [0.3, 0.4) is 0 Å². The first-order valence-corrected chi connectivity index (χ1v) is 12.0. The molecule has 1 aromatic carbocycles. The van der Waals surface area contributed by atoms with Crippen molar-refractivity contribution in [2.45, 2.75) is 12.8 Å². The highest BCUT2D eigenvalue weighted by atomic mass is 32.2. The van der Waals surface area contributed by atoms with Crippen molar-refractivity contribution in [3.63, 3.8) is 0 Å². The number of halogens is 1. The van der Waals surface area contributed by atoms with Crippen LogP contribution in [-0.4, -0.2) is 74.0 Å². The van der Waals surface area contributed by atoms with Gasteiger partial charge in [0, 0.05) is 39.3 Å². The fourth-order valence-corrected chi connectivity index (χ4v) is 5.80. The number of piperidine rings is 1. The van der Waals surface area contributed by atoms with Gasteiger partial charge in [-0.2, -0.15) is 0 Å². The Morgan fingerprint density at radius 3 is 2.68 bits per heavy atom. The first-order chi connectivity index (χ1) is 13.3. The Hall–Kier alpha value is -1.78. The third-order valence-corrected chi connectivity index (χ3v) is 7.75. The predicted molar refractivity (Wildman–Crippen MR) is 108 cm³/mol. The number of benzene rings is 1. The Bertz CT molecular complexity index is 986. The maximum absolute atomic E-state index is 13.4. The number of hydrogen-bond acceptors (Lipinski definition) is 6. The van der Waals surface area contributed by atoms with Gasteiger partial charge in [0.2, 0.25) is 15.9 Å². The average molecular weight is 427 g/mol. The van der Waals surface area contributed by atoms with Crippen molar-refractivity contribution in [2.75, 3.05) is 50.4 Å². The van der Waals surface area contributed by atoms with Crippen molar-refractivity contribution in [1.82, 2.24) is 14.2 Å². The molecule has 1 unspecified atom stereocenters. The number of fused-ring (bicyclic) bond motifs is 1. The highest BCUT2D eigenvalue weighted by molar-refractivity contribution is 7.88. The topological polar surface area (TPSA) is 73.8 Å². The summed E-state index contributed by atoms with van der Waals surface area (Å²) in [5, 5.41) is 0.841. The van der Waals surface area contributed by atoms with Gasteiger partial charge in [-0.15, -0.1) is 0 Å². The molecule has 3 heterocycles. The van der Waals surface area contributed by atoms with E-state index in [1.165, 1.54) is 34.0 Å². The molecule has 2 fully saturated rings. The zero-order chi connectivity index (χ0) is 19.9. The summed E-state index contributed by atoms with van der Waals surface area (Å²) < 4.78 is 39.2. The first kappa shape index (κ1) is 19.5. The average Bonchev–Trinajstić information content (AvgIpc) is 3.10. The van der Waals surface area contributed by atoms with Crippen LogP contribution < -0.4 is 4.90 Å². The number of aromatic nitrogens is 1. The van der Waals surface area contributed by atoms with Gasteiger partial charge in [-0.25, -0.2) is 22.1 Å². The molecule has 4 rings (SSSR count). The molecule has 2 aromatic rings. The summed E-state index contributed by atoms with van der Waals surface area (Å²) in [4.78, 5) is 21.4. The van der Waals surface area contributed by atoms with Crippen molar-refractivity contribution in [3.05, 3.63) is 24.0 Å². The zero-order valence-electron chi connectivity index (χ0n) is 15.7. The van der Waals surface area contributed by atoms with Gasteiger partial charge >= 0.3 is 0 Å². The second-order valence-corrected chi connectivity index (χ2v) is 10.4. The molecule has 2 saturated heterocycles. The van der Waals surface area contributed by atoms with Crippen LogP contribution in [-0.2, 0) is 14.8 Å². The van der Waals surface area contributed by atoms with Crippen LogP contribution in [0.15, 0.2) is 18.2 Å². The van der Waals surface area contributed by atoms with Crippen LogP contribution in [0.4, 0.5) is 9.52 Å². The highest BCUT2D eigenvalue weighted by Gasteiger charge is 2.34.